The molecule has 0 atom stereocenters. The Morgan fingerprint density at radius 3 is 2.44 bits per heavy atom. The Bertz CT molecular complexity index is 853. The number of thiocarbonyl (C=S) groups is 1. The van der Waals surface area contributed by atoms with Crippen molar-refractivity contribution in [1.29, 1.82) is 0 Å². The van der Waals surface area contributed by atoms with E-state index in [1.54, 1.807) is 36.4 Å². The summed E-state index contributed by atoms with van der Waals surface area (Å²) >= 11 is 8.34. The molecule has 0 spiro atoms. The lowest BCUT2D eigenvalue weighted by Gasteiger charge is -2.12. The van der Waals surface area contributed by atoms with Crippen LogP contribution in [0.2, 0.25) is 0 Å². The number of benzene rings is 2. The molecule has 0 saturated heterocycles. The van der Waals surface area contributed by atoms with Crippen LogP contribution >= 0.6 is 28.1 Å². The van der Waals surface area contributed by atoms with E-state index in [1.807, 2.05) is 0 Å². The molecule has 0 fully saturated rings. The maximum atomic E-state index is 12.3. The lowest BCUT2D eigenvalue weighted by molar-refractivity contribution is 0.0697. The highest BCUT2D eigenvalue weighted by Gasteiger charge is 2.13. The minimum absolute atomic E-state index is 0.00459. The van der Waals surface area contributed by atoms with Gasteiger partial charge in [-0.05, 0) is 60.6 Å². The van der Waals surface area contributed by atoms with E-state index in [-0.39, 0.29) is 16.4 Å². The minimum Gasteiger partial charge on any atom is -0.493 e. The predicted molar refractivity (Wildman–Crippen MR) is 112 cm³/mol. The molecule has 0 aliphatic heterocycles. The molecular weight excluding hydrogens is 432 g/mol. The van der Waals surface area contributed by atoms with Gasteiger partial charge < -0.3 is 15.2 Å². The minimum atomic E-state index is -1.11. The standard InChI is InChI=1S/C19H19BrN2O4S/c1-11(2)10-26-14-6-3-12(4-7-14)17(23)22-19(27)21-16-8-5-13(20)9-15(16)18(24)25/h3-9,11H,10H2,1-2H3,(H,24,25)(H2,21,22,23,27). The van der Waals surface area contributed by atoms with Crippen LogP contribution in [-0.4, -0.2) is 28.7 Å². The van der Waals surface area contributed by atoms with Crippen LogP contribution in [0.4, 0.5) is 5.69 Å². The number of carboxylic acid groups (broad SMARTS) is 1. The maximum absolute atomic E-state index is 12.3. The Hall–Kier alpha value is -2.45. The van der Waals surface area contributed by atoms with Gasteiger partial charge in [0.05, 0.1) is 17.9 Å². The Labute approximate surface area is 171 Å². The van der Waals surface area contributed by atoms with E-state index in [9.17, 15) is 14.7 Å². The largest absolute Gasteiger partial charge is 0.493 e. The summed E-state index contributed by atoms with van der Waals surface area (Å²) in [4.78, 5) is 23.6. The summed E-state index contributed by atoms with van der Waals surface area (Å²) in [6.07, 6.45) is 0. The molecule has 0 saturated carbocycles. The number of hydrogen-bond acceptors (Lipinski definition) is 4. The molecule has 8 heteroatoms. The van der Waals surface area contributed by atoms with E-state index in [4.69, 9.17) is 17.0 Å². The molecule has 2 rings (SSSR count). The number of anilines is 1. The van der Waals surface area contributed by atoms with Gasteiger partial charge in [0.25, 0.3) is 5.91 Å². The maximum Gasteiger partial charge on any atom is 0.337 e. The molecular formula is C19H19BrN2O4S. The second kappa shape index (κ2) is 9.48. The molecule has 142 valence electrons. The number of carbonyl (C=O) groups excluding carboxylic acids is 1. The van der Waals surface area contributed by atoms with Crippen molar-refractivity contribution in [3.8, 4) is 5.75 Å². The molecule has 2 aromatic carbocycles. The van der Waals surface area contributed by atoms with Gasteiger partial charge in [0.2, 0.25) is 0 Å². The first-order valence-electron chi connectivity index (χ1n) is 8.14. The zero-order chi connectivity index (χ0) is 20.0. The molecule has 0 heterocycles. The van der Waals surface area contributed by atoms with Crippen molar-refractivity contribution in [2.24, 2.45) is 5.92 Å². The molecule has 6 nitrogen and oxygen atoms in total. The van der Waals surface area contributed by atoms with E-state index < -0.39 is 11.9 Å². The summed E-state index contributed by atoms with van der Waals surface area (Å²) in [5.41, 5.74) is 0.728. The van der Waals surface area contributed by atoms with Gasteiger partial charge in [0.1, 0.15) is 5.75 Å². The smallest absolute Gasteiger partial charge is 0.337 e. The van der Waals surface area contributed by atoms with E-state index >= 15 is 0 Å². The van der Waals surface area contributed by atoms with E-state index in [1.165, 1.54) is 6.07 Å². The number of amides is 1. The molecule has 3 N–H and O–H groups in total. The Balaban J connectivity index is 2.00. The zero-order valence-electron chi connectivity index (χ0n) is 14.8. The average Bonchev–Trinajstić information content (AvgIpc) is 2.61. The molecule has 0 unspecified atom stereocenters. The van der Waals surface area contributed by atoms with Crippen LogP contribution in [0.1, 0.15) is 34.6 Å². The van der Waals surface area contributed by atoms with E-state index in [0.717, 1.165) is 0 Å². The van der Waals surface area contributed by atoms with Crippen LogP contribution in [-0.2, 0) is 0 Å². The van der Waals surface area contributed by atoms with Crippen molar-refractivity contribution >= 4 is 50.8 Å². The van der Waals surface area contributed by atoms with Gasteiger partial charge in [0, 0.05) is 10.0 Å². The molecule has 0 aromatic heterocycles. The molecule has 0 radical (unpaired) electrons. The van der Waals surface area contributed by atoms with Crippen LogP contribution in [0, 0.1) is 5.92 Å². The highest BCUT2D eigenvalue weighted by Crippen LogP contribution is 2.21. The molecule has 1 amide bonds. The number of aromatic carboxylic acids is 1. The fraction of sp³-hybridized carbons (Fsp3) is 0.211. The van der Waals surface area contributed by atoms with Crippen molar-refractivity contribution in [3.63, 3.8) is 0 Å². The normalized spacial score (nSPS) is 10.4. The number of halogens is 1. The second-order valence-corrected chi connectivity index (χ2v) is 7.46. The fourth-order valence-electron chi connectivity index (χ4n) is 2.10. The Morgan fingerprint density at radius 2 is 1.85 bits per heavy atom. The van der Waals surface area contributed by atoms with Gasteiger partial charge in [0.15, 0.2) is 5.11 Å². The van der Waals surface area contributed by atoms with Crippen LogP contribution in [0.3, 0.4) is 0 Å². The summed E-state index contributed by atoms with van der Waals surface area (Å²) in [6.45, 7) is 4.70. The van der Waals surface area contributed by atoms with Gasteiger partial charge in [-0.25, -0.2) is 4.79 Å². The van der Waals surface area contributed by atoms with E-state index in [0.29, 0.717) is 28.3 Å². The summed E-state index contributed by atoms with van der Waals surface area (Å²) in [5.74, 6) is -0.422. The number of hydrogen-bond donors (Lipinski definition) is 3. The van der Waals surface area contributed by atoms with Crippen molar-refractivity contribution in [2.75, 3.05) is 11.9 Å². The number of ether oxygens (including phenoxy) is 1. The van der Waals surface area contributed by atoms with Crippen molar-refractivity contribution in [2.45, 2.75) is 13.8 Å². The summed E-state index contributed by atoms with van der Waals surface area (Å²) in [6, 6.07) is 11.4. The third-order valence-electron chi connectivity index (χ3n) is 3.39. The number of carbonyl (C=O) groups is 2. The van der Waals surface area contributed by atoms with Crippen LogP contribution in [0.15, 0.2) is 46.9 Å². The monoisotopic (exact) mass is 450 g/mol. The van der Waals surface area contributed by atoms with Gasteiger partial charge in [-0.3, -0.25) is 10.1 Å². The van der Waals surface area contributed by atoms with Crippen LogP contribution in [0.25, 0.3) is 0 Å². The van der Waals surface area contributed by atoms with Gasteiger partial charge in [-0.15, -0.1) is 0 Å². The van der Waals surface area contributed by atoms with Crippen molar-refractivity contribution in [3.05, 3.63) is 58.1 Å². The Morgan fingerprint density at radius 1 is 1.19 bits per heavy atom. The molecule has 0 aliphatic rings. The lowest BCUT2D eigenvalue weighted by atomic mass is 10.2. The van der Waals surface area contributed by atoms with Gasteiger partial charge in [-0.1, -0.05) is 29.8 Å². The van der Waals surface area contributed by atoms with Gasteiger partial charge >= 0.3 is 5.97 Å². The van der Waals surface area contributed by atoms with Crippen molar-refractivity contribution < 1.29 is 19.4 Å². The molecule has 0 bridgehead atoms. The Kier molecular flexibility index (Phi) is 7.32. The highest BCUT2D eigenvalue weighted by atomic mass is 79.9. The highest BCUT2D eigenvalue weighted by molar-refractivity contribution is 9.10. The van der Waals surface area contributed by atoms with Crippen LogP contribution in [0.5, 0.6) is 5.75 Å². The predicted octanol–water partition coefficient (Wildman–Crippen LogP) is 4.31. The number of rotatable bonds is 6. The third kappa shape index (κ3) is 6.33. The number of carboxylic acids is 1. The lowest BCUT2D eigenvalue weighted by Crippen LogP contribution is -2.34. The first kappa shape index (κ1) is 20.9. The third-order valence-corrected chi connectivity index (χ3v) is 4.08. The van der Waals surface area contributed by atoms with Crippen molar-refractivity contribution in [1.82, 2.24) is 5.32 Å². The first-order chi connectivity index (χ1) is 12.8. The van der Waals surface area contributed by atoms with Gasteiger partial charge in [-0.2, -0.15) is 0 Å². The zero-order valence-corrected chi connectivity index (χ0v) is 17.2. The SMILES string of the molecule is CC(C)COc1ccc(C(=O)NC(=S)Nc2ccc(Br)cc2C(=O)O)cc1. The quantitative estimate of drug-likeness (QED) is 0.568. The number of nitrogens with one attached hydrogen (secondary N) is 2. The fourth-order valence-corrected chi connectivity index (χ4v) is 2.66. The summed E-state index contributed by atoms with van der Waals surface area (Å²) in [7, 11) is 0. The summed E-state index contributed by atoms with van der Waals surface area (Å²) < 4.78 is 6.20. The van der Waals surface area contributed by atoms with E-state index in [2.05, 4.69) is 40.4 Å². The molecule has 27 heavy (non-hydrogen) atoms. The first-order valence-corrected chi connectivity index (χ1v) is 9.34. The average molecular weight is 451 g/mol. The molecule has 2 aromatic rings. The molecule has 0 aliphatic carbocycles. The van der Waals surface area contributed by atoms with Crippen LogP contribution < -0.4 is 15.4 Å². The topological polar surface area (TPSA) is 87.7 Å². The summed E-state index contributed by atoms with van der Waals surface area (Å²) in [5, 5.41) is 14.5. The second-order valence-electron chi connectivity index (χ2n) is 6.13.